The number of aromatic nitrogens is 2. The van der Waals surface area contributed by atoms with Crippen LogP contribution >= 0.6 is 0 Å². The second-order valence-electron chi connectivity index (χ2n) is 6.25. The Morgan fingerprint density at radius 1 is 1.22 bits per heavy atom. The lowest BCUT2D eigenvalue weighted by molar-refractivity contribution is 0.258. The summed E-state index contributed by atoms with van der Waals surface area (Å²) in [6, 6.07) is 8.28. The summed E-state index contributed by atoms with van der Waals surface area (Å²) in [5, 5.41) is 8.33. The molecule has 1 fully saturated rings. The molecule has 0 spiro atoms. The summed E-state index contributed by atoms with van der Waals surface area (Å²) in [4.78, 5) is 2.34. The number of ether oxygens (including phenoxy) is 1. The topological polar surface area (TPSA) is 51.4 Å². The lowest BCUT2D eigenvalue weighted by Gasteiger charge is -2.25. The molecule has 1 saturated carbocycles. The molecule has 5 heteroatoms. The predicted octanol–water partition coefficient (Wildman–Crippen LogP) is 3.24. The Hall–Kier alpha value is -2.14. The molecule has 0 radical (unpaired) electrons. The van der Waals surface area contributed by atoms with E-state index in [4.69, 9.17) is 9.15 Å². The molecule has 0 bridgehead atoms. The van der Waals surface area contributed by atoms with E-state index in [0.29, 0.717) is 5.92 Å². The molecule has 2 aromatic rings. The van der Waals surface area contributed by atoms with Crippen molar-refractivity contribution in [3.63, 3.8) is 0 Å². The van der Waals surface area contributed by atoms with Crippen LogP contribution in [0.5, 0.6) is 5.75 Å². The van der Waals surface area contributed by atoms with Crippen molar-refractivity contribution < 1.29 is 9.15 Å². The van der Waals surface area contributed by atoms with Crippen molar-refractivity contribution in [2.24, 2.45) is 0 Å². The number of rotatable bonds is 5. The summed E-state index contributed by atoms with van der Waals surface area (Å²) in [6.45, 7) is 2.67. The quantitative estimate of drug-likeness (QED) is 0.848. The average molecular weight is 311 g/mol. The summed E-state index contributed by atoms with van der Waals surface area (Å²) in [6.07, 6.45) is 5.72. The van der Waals surface area contributed by atoms with E-state index in [9.17, 15) is 0 Å². The van der Waals surface area contributed by atoms with Gasteiger partial charge >= 0.3 is 0 Å². The third kappa shape index (κ3) is 3.29. The molecule has 0 saturated heterocycles. The van der Waals surface area contributed by atoms with Gasteiger partial charge in [-0.05, 0) is 42.5 Å². The van der Waals surface area contributed by atoms with E-state index in [1.165, 1.54) is 24.0 Å². The van der Waals surface area contributed by atoms with Crippen LogP contribution in [-0.4, -0.2) is 35.3 Å². The maximum absolute atomic E-state index is 5.75. The van der Waals surface area contributed by atoms with Crippen LogP contribution in [0.1, 0.15) is 42.5 Å². The molecule has 23 heavy (non-hydrogen) atoms. The zero-order valence-corrected chi connectivity index (χ0v) is 13.4. The van der Waals surface area contributed by atoms with Gasteiger partial charge in [-0.1, -0.05) is 18.2 Å². The van der Waals surface area contributed by atoms with Crippen molar-refractivity contribution in [3.05, 3.63) is 47.7 Å². The zero-order chi connectivity index (χ0) is 15.6. The average Bonchev–Trinajstić information content (AvgIpc) is 3.36. The minimum absolute atomic E-state index is 0.527. The van der Waals surface area contributed by atoms with Crippen LogP contribution in [0.25, 0.3) is 5.57 Å². The summed E-state index contributed by atoms with van der Waals surface area (Å²) in [5.41, 5.74) is 2.67. The van der Waals surface area contributed by atoms with Crippen molar-refractivity contribution in [1.29, 1.82) is 0 Å². The second-order valence-corrected chi connectivity index (χ2v) is 6.25. The molecule has 1 aliphatic carbocycles. The zero-order valence-electron chi connectivity index (χ0n) is 13.4. The Bertz CT molecular complexity index is 701. The Labute approximate surface area is 136 Å². The number of hydrogen-bond acceptors (Lipinski definition) is 5. The van der Waals surface area contributed by atoms with Gasteiger partial charge in [0.25, 0.3) is 0 Å². The fraction of sp³-hybridized carbons (Fsp3) is 0.444. The van der Waals surface area contributed by atoms with Gasteiger partial charge in [-0.25, -0.2) is 0 Å². The first kappa shape index (κ1) is 14.5. The molecule has 4 rings (SSSR count). The Kier molecular flexibility index (Phi) is 3.87. The Morgan fingerprint density at radius 2 is 2.04 bits per heavy atom. The van der Waals surface area contributed by atoms with Gasteiger partial charge in [0.05, 0.1) is 13.7 Å². The van der Waals surface area contributed by atoms with Crippen LogP contribution < -0.4 is 4.74 Å². The molecule has 2 aliphatic rings. The van der Waals surface area contributed by atoms with Crippen molar-refractivity contribution in [2.45, 2.75) is 31.7 Å². The van der Waals surface area contributed by atoms with Crippen LogP contribution in [0.3, 0.4) is 0 Å². The predicted molar refractivity (Wildman–Crippen MR) is 87.1 cm³/mol. The first-order valence-electron chi connectivity index (χ1n) is 8.20. The summed E-state index contributed by atoms with van der Waals surface area (Å²) < 4.78 is 11.0. The first-order valence-corrected chi connectivity index (χ1v) is 8.20. The smallest absolute Gasteiger partial charge is 0.230 e. The molecule has 120 valence electrons. The third-order valence-electron chi connectivity index (χ3n) is 4.52. The maximum Gasteiger partial charge on any atom is 0.230 e. The van der Waals surface area contributed by atoms with E-state index < -0.39 is 0 Å². The minimum atomic E-state index is 0.527. The summed E-state index contributed by atoms with van der Waals surface area (Å²) in [7, 11) is 1.69. The third-order valence-corrected chi connectivity index (χ3v) is 4.52. The summed E-state index contributed by atoms with van der Waals surface area (Å²) in [5.74, 6) is 2.99. The highest BCUT2D eigenvalue weighted by Gasteiger charge is 2.29. The molecular weight excluding hydrogens is 290 g/mol. The molecule has 1 aromatic carbocycles. The van der Waals surface area contributed by atoms with Gasteiger partial charge in [-0.2, -0.15) is 0 Å². The van der Waals surface area contributed by atoms with Gasteiger partial charge in [0.15, 0.2) is 0 Å². The van der Waals surface area contributed by atoms with E-state index in [2.05, 4.69) is 33.3 Å². The highest BCUT2D eigenvalue weighted by molar-refractivity contribution is 5.67. The van der Waals surface area contributed by atoms with Gasteiger partial charge in [-0.15, -0.1) is 10.2 Å². The highest BCUT2D eigenvalue weighted by atomic mass is 16.5. The minimum Gasteiger partial charge on any atom is -0.497 e. The van der Waals surface area contributed by atoms with Gasteiger partial charge in [-0.3, -0.25) is 4.90 Å². The normalized spacial score (nSPS) is 18.7. The van der Waals surface area contributed by atoms with Crippen LogP contribution in [0.15, 0.2) is 34.8 Å². The lowest BCUT2D eigenvalue weighted by Crippen LogP contribution is -2.28. The molecule has 0 amide bonds. The van der Waals surface area contributed by atoms with E-state index >= 15 is 0 Å². The Morgan fingerprint density at radius 3 is 2.70 bits per heavy atom. The second kappa shape index (κ2) is 6.16. The number of nitrogens with zero attached hydrogens (tertiary/aromatic N) is 3. The first-order chi connectivity index (χ1) is 11.3. The van der Waals surface area contributed by atoms with Crippen LogP contribution in [0.4, 0.5) is 0 Å². The molecule has 1 aromatic heterocycles. The van der Waals surface area contributed by atoms with Gasteiger partial charge in [0.2, 0.25) is 11.8 Å². The fourth-order valence-corrected chi connectivity index (χ4v) is 2.94. The van der Waals surface area contributed by atoms with Gasteiger partial charge in [0.1, 0.15) is 5.75 Å². The molecule has 0 atom stereocenters. The van der Waals surface area contributed by atoms with E-state index in [-0.39, 0.29) is 0 Å². The van der Waals surface area contributed by atoms with Crippen LogP contribution in [-0.2, 0) is 6.54 Å². The van der Waals surface area contributed by atoms with E-state index in [1.54, 1.807) is 7.11 Å². The van der Waals surface area contributed by atoms with Gasteiger partial charge in [0, 0.05) is 19.0 Å². The SMILES string of the molecule is COc1ccc(C2=CCN(Cc3nnc(C4CC4)o3)CC2)cc1. The standard InChI is InChI=1S/C18H21N3O2/c1-22-16-6-4-13(5-7-16)14-8-10-21(11-9-14)12-17-19-20-18(23-17)15-2-3-15/h4-8,15H,2-3,9-12H2,1H3. The molecular formula is C18H21N3O2. The molecule has 0 N–H and O–H groups in total. The number of hydrogen-bond donors (Lipinski definition) is 0. The Balaban J connectivity index is 1.37. The van der Waals surface area contributed by atoms with Crippen LogP contribution in [0.2, 0.25) is 0 Å². The lowest BCUT2D eigenvalue weighted by atomic mass is 9.99. The largest absolute Gasteiger partial charge is 0.497 e. The van der Waals surface area contributed by atoms with Crippen LogP contribution in [0, 0.1) is 0 Å². The van der Waals surface area contributed by atoms with Crippen molar-refractivity contribution in [1.82, 2.24) is 15.1 Å². The van der Waals surface area contributed by atoms with E-state index in [1.807, 2.05) is 12.1 Å². The maximum atomic E-state index is 5.75. The monoisotopic (exact) mass is 311 g/mol. The molecule has 2 heterocycles. The number of benzene rings is 1. The van der Waals surface area contributed by atoms with Crippen molar-refractivity contribution >= 4 is 5.57 Å². The van der Waals surface area contributed by atoms with Crippen molar-refractivity contribution in [2.75, 3.05) is 20.2 Å². The van der Waals surface area contributed by atoms with Crippen molar-refractivity contribution in [3.8, 4) is 5.75 Å². The number of methoxy groups -OCH3 is 1. The molecule has 1 aliphatic heterocycles. The van der Waals surface area contributed by atoms with Gasteiger partial charge < -0.3 is 9.15 Å². The summed E-state index contributed by atoms with van der Waals surface area (Å²) >= 11 is 0. The molecule has 0 unspecified atom stereocenters. The fourth-order valence-electron chi connectivity index (χ4n) is 2.94. The highest BCUT2D eigenvalue weighted by Crippen LogP contribution is 2.39. The van der Waals surface area contributed by atoms with E-state index in [0.717, 1.165) is 43.6 Å². The molecule has 5 nitrogen and oxygen atoms in total.